The van der Waals surface area contributed by atoms with E-state index in [0.29, 0.717) is 0 Å². The summed E-state index contributed by atoms with van der Waals surface area (Å²) < 4.78 is 5.21. The molecular formula is C15H23N3O. The minimum Gasteiger partial charge on any atom is -0.497 e. The molecule has 19 heavy (non-hydrogen) atoms. The summed E-state index contributed by atoms with van der Waals surface area (Å²) in [5.74, 6) is 0.864. The highest BCUT2D eigenvalue weighted by molar-refractivity contribution is 5.49. The number of hydrogen-bond donors (Lipinski definition) is 1. The van der Waals surface area contributed by atoms with Gasteiger partial charge in [0.1, 0.15) is 11.3 Å². The first-order valence-corrected chi connectivity index (χ1v) is 6.54. The van der Waals surface area contributed by atoms with Gasteiger partial charge in [0.25, 0.3) is 0 Å². The smallest absolute Gasteiger partial charge is 0.120 e. The van der Waals surface area contributed by atoms with E-state index in [9.17, 15) is 0 Å². The molecule has 0 fully saturated rings. The third-order valence-electron chi connectivity index (χ3n) is 3.19. The molecule has 1 atom stereocenters. The lowest BCUT2D eigenvalue weighted by molar-refractivity contribution is 0.415. The van der Waals surface area contributed by atoms with Gasteiger partial charge in [-0.05, 0) is 38.3 Å². The van der Waals surface area contributed by atoms with Crippen molar-refractivity contribution in [2.24, 2.45) is 5.73 Å². The highest BCUT2D eigenvalue weighted by Crippen LogP contribution is 2.20. The highest BCUT2D eigenvalue weighted by atomic mass is 16.5. The van der Waals surface area contributed by atoms with Crippen molar-refractivity contribution in [1.82, 2.24) is 0 Å². The molecular weight excluding hydrogens is 238 g/mol. The summed E-state index contributed by atoms with van der Waals surface area (Å²) in [5, 5.41) is 8.84. The zero-order chi connectivity index (χ0) is 14.3. The number of nitrogens with zero attached hydrogens (tertiary/aromatic N) is 2. The van der Waals surface area contributed by atoms with Crippen LogP contribution in [0.5, 0.6) is 5.75 Å². The normalized spacial score (nSPS) is 13.4. The molecule has 0 saturated heterocycles. The molecule has 1 aromatic carbocycles. The zero-order valence-electron chi connectivity index (χ0n) is 12.0. The van der Waals surface area contributed by atoms with Gasteiger partial charge in [-0.15, -0.1) is 0 Å². The number of nitrogens with two attached hydrogens (primary N) is 1. The second-order valence-electron chi connectivity index (χ2n) is 5.11. The van der Waals surface area contributed by atoms with E-state index in [1.807, 2.05) is 18.2 Å². The van der Waals surface area contributed by atoms with Crippen molar-refractivity contribution in [3.8, 4) is 11.8 Å². The van der Waals surface area contributed by atoms with Crippen LogP contribution < -0.4 is 15.4 Å². The second-order valence-corrected chi connectivity index (χ2v) is 5.11. The van der Waals surface area contributed by atoms with Gasteiger partial charge in [0, 0.05) is 25.3 Å². The average molecular weight is 261 g/mol. The molecule has 0 amide bonds. The van der Waals surface area contributed by atoms with E-state index in [2.05, 4.69) is 24.1 Å². The van der Waals surface area contributed by atoms with Crippen molar-refractivity contribution in [2.45, 2.75) is 31.7 Å². The molecule has 4 nitrogen and oxygen atoms in total. The first kappa shape index (κ1) is 15.3. The number of benzene rings is 1. The van der Waals surface area contributed by atoms with E-state index in [0.717, 1.165) is 37.2 Å². The van der Waals surface area contributed by atoms with Crippen LogP contribution in [0.15, 0.2) is 24.3 Å². The Morgan fingerprint density at radius 1 is 1.42 bits per heavy atom. The van der Waals surface area contributed by atoms with E-state index < -0.39 is 5.54 Å². The molecule has 1 unspecified atom stereocenters. The number of ether oxygens (including phenoxy) is 1. The molecule has 4 heteroatoms. The van der Waals surface area contributed by atoms with Gasteiger partial charge in [0.15, 0.2) is 0 Å². The Morgan fingerprint density at radius 3 is 2.79 bits per heavy atom. The summed E-state index contributed by atoms with van der Waals surface area (Å²) in [6.45, 7) is 2.72. The summed E-state index contributed by atoms with van der Waals surface area (Å²) in [6, 6.07) is 10.1. The Hall–Kier alpha value is -1.73. The fourth-order valence-electron chi connectivity index (χ4n) is 1.87. The summed E-state index contributed by atoms with van der Waals surface area (Å²) >= 11 is 0. The van der Waals surface area contributed by atoms with Crippen molar-refractivity contribution >= 4 is 5.69 Å². The fourth-order valence-corrected chi connectivity index (χ4v) is 1.87. The van der Waals surface area contributed by atoms with E-state index in [1.165, 1.54) is 0 Å². The van der Waals surface area contributed by atoms with Crippen molar-refractivity contribution < 1.29 is 4.74 Å². The molecule has 104 valence electrons. The van der Waals surface area contributed by atoms with Gasteiger partial charge in [0.2, 0.25) is 0 Å². The van der Waals surface area contributed by atoms with Crippen molar-refractivity contribution in [3.05, 3.63) is 24.3 Å². The molecule has 1 aromatic rings. The van der Waals surface area contributed by atoms with E-state index in [4.69, 9.17) is 15.7 Å². The lowest BCUT2D eigenvalue weighted by Gasteiger charge is -2.21. The number of unbranched alkanes of at least 4 members (excludes halogenated alkanes) is 1. The Bertz CT molecular complexity index is 437. The molecule has 2 N–H and O–H groups in total. The van der Waals surface area contributed by atoms with Crippen LogP contribution in [0.3, 0.4) is 0 Å². The van der Waals surface area contributed by atoms with E-state index in [1.54, 1.807) is 14.0 Å². The van der Waals surface area contributed by atoms with Crippen LogP contribution in [-0.4, -0.2) is 26.2 Å². The quantitative estimate of drug-likeness (QED) is 0.766. The first-order chi connectivity index (χ1) is 8.98. The van der Waals surface area contributed by atoms with E-state index >= 15 is 0 Å². The van der Waals surface area contributed by atoms with Gasteiger partial charge in [-0.3, -0.25) is 0 Å². The van der Waals surface area contributed by atoms with Gasteiger partial charge in [-0.25, -0.2) is 0 Å². The Morgan fingerprint density at radius 2 is 2.16 bits per heavy atom. The SMILES string of the molecule is COc1cccc(N(C)CCCCC(C)(N)C#N)c1. The molecule has 0 heterocycles. The molecule has 0 aliphatic heterocycles. The molecule has 0 radical (unpaired) electrons. The standard InChI is InChI=1S/C15H23N3O/c1-15(17,12-16)9-4-5-10-18(2)13-7-6-8-14(11-13)19-3/h6-8,11H,4-5,9-10,17H2,1-3H3. The van der Waals surface area contributed by atoms with Crippen LogP contribution in [0.2, 0.25) is 0 Å². The highest BCUT2D eigenvalue weighted by Gasteiger charge is 2.16. The maximum Gasteiger partial charge on any atom is 0.120 e. The fraction of sp³-hybridized carbons (Fsp3) is 0.533. The third-order valence-corrected chi connectivity index (χ3v) is 3.19. The van der Waals surface area contributed by atoms with Crippen LogP contribution in [0.1, 0.15) is 26.2 Å². The van der Waals surface area contributed by atoms with Crippen LogP contribution in [-0.2, 0) is 0 Å². The average Bonchev–Trinajstić information content (AvgIpc) is 2.43. The van der Waals surface area contributed by atoms with Gasteiger partial charge >= 0.3 is 0 Å². The number of hydrogen-bond acceptors (Lipinski definition) is 4. The van der Waals surface area contributed by atoms with Crippen LogP contribution in [0.25, 0.3) is 0 Å². The molecule has 0 aliphatic rings. The number of anilines is 1. The Kier molecular flexibility index (Phi) is 5.65. The molecule has 0 saturated carbocycles. The minimum atomic E-state index is -0.700. The van der Waals surface area contributed by atoms with Crippen LogP contribution >= 0.6 is 0 Å². The van der Waals surface area contributed by atoms with Crippen LogP contribution in [0, 0.1) is 11.3 Å². The van der Waals surface area contributed by atoms with Crippen molar-refractivity contribution in [3.63, 3.8) is 0 Å². The van der Waals surface area contributed by atoms with Crippen molar-refractivity contribution in [1.29, 1.82) is 5.26 Å². The predicted molar refractivity (Wildman–Crippen MR) is 78.3 cm³/mol. The molecule has 0 bridgehead atoms. The predicted octanol–water partition coefficient (Wildman–Crippen LogP) is 2.54. The van der Waals surface area contributed by atoms with Crippen LogP contribution in [0.4, 0.5) is 5.69 Å². The van der Waals surface area contributed by atoms with E-state index in [-0.39, 0.29) is 0 Å². The summed E-state index contributed by atoms with van der Waals surface area (Å²) in [7, 11) is 3.73. The van der Waals surface area contributed by atoms with Gasteiger partial charge < -0.3 is 15.4 Å². The summed E-state index contributed by atoms with van der Waals surface area (Å²) in [6.07, 6.45) is 2.70. The monoisotopic (exact) mass is 261 g/mol. The first-order valence-electron chi connectivity index (χ1n) is 6.54. The van der Waals surface area contributed by atoms with Gasteiger partial charge in [-0.1, -0.05) is 6.07 Å². The summed E-state index contributed by atoms with van der Waals surface area (Å²) in [5.41, 5.74) is 6.23. The maximum absolute atomic E-state index is 8.84. The molecule has 1 rings (SSSR count). The number of nitriles is 1. The number of rotatable bonds is 7. The zero-order valence-corrected chi connectivity index (χ0v) is 12.0. The van der Waals surface area contributed by atoms with Crippen molar-refractivity contribution in [2.75, 3.05) is 25.6 Å². The lowest BCUT2D eigenvalue weighted by Crippen LogP contribution is -2.34. The summed E-state index contributed by atoms with van der Waals surface area (Å²) in [4.78, 5) is 2.18. The second kappa shape index (κ2) is 7.01. The largest absolute Gasteiger partial charge is 0.497 e. The number of methoxy groups -OCH3 is 1. The topological polar surface area (TPSA) is 62.3 Å². The minimum absolute atomic E-state index is 0.700. The molecule has 0 aromatic heterocycles. The van der Waals surface area contributed by atoms with Gasteiger partial charge in [0.05, 0.1) is 13.2 Å². The maximum atomic E-state index is 8.84. The molecule has 0 spiro atoms. The molecule has 0 aliphatic carbocycles. The lowest BCUT2D eigenvalue weighted by atomic mass is 9.98. The third kappa shape index (κ3) is 5.19. The van der Waals surface area contributed by atoms with Gasteiger partial charge in [-0.2, -0.15) is 5.26 Å². The Labute approximate surface area is 115 Å². The Balaban J connectivity index is 2.39.